The smallest absolute Gasteiger partial charge is 0.331 e. The Balaban J connectivity index is 1.85. The maximum atomic E-state index is 12.9. The molecule has 0 aromatic heterocycles. The van der Waals surface area contributed by atoms with Crippen molar-refractivity contribution in [1.82, 2.24) is 0 Å². The first-order chi connectivity index (χ1) is 21.7. The highest BCUT2D eigenvalue weighted by molar-refractivity contribution is 6.74. The Hall–Kier alpha value is -2.45. The number of benzene rings is 1. The van der Waals surface area contributed by atoms with Crippen LogP contribution in [0.3, 0.4) is 0 Å². The Morgan fingerprint density at radius 1 is 1.11 bits per heavy atom. The number of carbonyl (C=O) groups is 1. The molecular weight excluding hydrogens is 593 g/mol. The first-order valence-corrected chi connectivity index (χ1v) is 20.0. The number of rotatable bonds is 16. The van der Waals surface area contributed by atoms with Gasteiger partial charge in [0.15, 0.2) is 8.32 Å². The van der Waals surface area contributed by atoms with E-state index in [9.17, 15) is 4.79 Å². The van der Waals surface area contributed by atoms with E-state index in [0.717, 1.165) is 35.3 Å². The first-order valence-electron chi connectivity index (χ1n) is 17.1. The number of hydrogen-bond acceptors (Lipinski definition) is 6. The summed E-state index contributed by atoms with van der Waals surface area (Å²) in [5.74, 6) is 1.62. The van der Waals surface area contributed by atoms with Gasteiger partial charge in [-0.25, -0.2) is 4.79 Å². The molecule has 1 aliphatic carbocycles. The molecule has 0 N–H and O–H groups in total. The summed E-state index contributed by atoms with van der Waals surface area (Å²) in [6, 6.07) is 7.92. The topological polar surface area (TPSA) is 63.2 Å². The van der Waals surface area contributed by atoms with E-state index < -0.39 is 8.32 Å². The maximum absolute atomic E-state index is 12.9. The minimum Gasteiger partial charge on any atom is -0.497 e. The van der Waals surface area contributed by atoms with Gasteiger partial charge in [-0.3, -0.25) is 0 Å². The van der Waals surface area contributed by atoms with Crippen LogP contribution in [0.25, 0.3) is 0 Å². The van der Waals surface area contributed by atoms with Gasteiger partial charge in [0, 0.05) is 25.2 Å². The van der Waals surface area contributed by atoms with Gasteiger partial charge in [-0.15, -0.1) is 0 Å². The highest BCUT2D eigenvalue weighted by Crippen LogP contribution is 2.47. The summed E-state index contributed by atoms with van der Waals surface area (Å²) in [6.45, 7) is 26.2. The molecule has 2 aliphatic rings. The Bertz CT molecular complexity index is 1250. The van der Waals surface area contributed by atoms with Gasteiger partial charge in [0.1, 0.15) is 5.75 Å². The minimum absolute atomic E-state index is 0.0697. The molecule has 6 nitrogen and oxygen atoms in total. The number of carbonyl (C=O) groups excluding carboxylic acids is 1. The number of hydrogen-bond donors (Lipinski definition) is 0. The number of methoxy groups -OCH3 is 1. The highest BCUT2D eigenvalue weighted by atomic mass is 28.4. The monoisotopic (exact) mass is 652 g/mol. The molecule has 0 saturated carbocycles. The van der Waals surface area contributed by atoms with Crippen molar-refractivity contribution in [2.45, 2.75) is 111 Å². The van der Waals surface area contributed by atoms with Crippen molar-refractivity contribution in [3.05, 3.63) is 76.9 Å². The molecule has 46 heavy (non-hydrogen) atoms. The Morgan fingerprint density at radius 2 is 1.80 bits per heavy atom. The lowest BCUT2D eigenvalue weighted by Gasteiger charge is -2.36. The molecule has 0 spiro atoms. The third-order valence-electron chi connectivity index (χ3n) is 10.1. The van der Waals surface area contributed by atoms with E-state index in [1.807, 2.05) is 31.2 Å². The summed E-state index contributed by atoms with van der Waals surface area (Å²) < 4.78 is 30.1. The largest absolute Gasteiger partial charge is 0.497 e. The van der Waals surface area contributed by atoms with Crippen molar-refractivity contribution in [2.24, 2.45) is 17.8 Å². The quantitative estimate of drug-likeness (QED) is 0.0443. The van der Waals surface area contributed by atoms with Crippen LogP contribution >= 0.6 is 0 Å². The highest BCUT2D eigenvalue weighted by Gasteiger charge is 2.46. The second-order valence-corrected chi connectivity index (χ2v) is 19.5. The number of esters is 1. The van der Waals surface area contributed by atoms with Gasteiger partial charge in [0.05, 0.1) is 32.5 Å². The average molecular weight is 653 g/mol. The van der Waals surface area contributed by atoms with Crippen LogP contribution in [-0.2, 0) is 30.0 Å². The predicted octanol–water partition coefficient (Wildman–Crippen LogP) is 9.38. The summed E-state index contributed by atoms with van der Waals surface area (Å²) in [5, 5.41) is 0.113. The van der Waals surface area contributed by atoms with Crippen molar-refractivity contribution in [3.63, 3.8) is 0 Å². The molecule has 1 saturated heterocycles. The second kappa shape index (κ2) is 17.1. The minimum atomic E-state index is -1.95. The van der Waals surface area contributed by atoms with Gasteiger partial charge >= 0.3 is 5.97 Å². The lowest BCUT2D eigenvalue weighted by molar-refractivity contribution is -0.137. The fourth-order valence-corrected chi connectivity index (χ4v) is 7.34. The molecule has 0 amide bonds. The number of ether oxygens (including phenoxy) is 4. The Morgan fingerprint density at radius 3 is 2.41 bits per heavy atom. The van der Waals surface area contributed by atoms with Crippen molar-refractivity contribution < 1.29 is 28.2 Å². The third-order valence-corrected chi connectivity index (χ3v) is 14.6. The van der Waals surface area contributed by atoms with Crippen molar-refractivity contribution in [1.29, 1.82) is 0 Å². The second-order valence-electron chi connectivity index (χ2n) is 14.6. The van der Waals surface area contributed by atoms with Crippen LogP contribution in [0.5, 0.6) is 5.75 Å². The fourth-order valence-electron chi connectivity index (χ4n) is 6.30. The van der Waals surface area contributed by atoms with Crippen molar-refractivity contribution in [3.8, 4) is 5.75 Å². The molecule has 7 heteroatoms. The molecule has 5 atom stereocenters. The lowest BCUT2D eigenvalue weighted by atomic mass is 9.70. The molecule has 3 rings (SSSR count). The molecule has 1 heterocycles. The molecule has 1 aromatic rings. The SMILES string of the molecule is C=C(C)[C@@H]1CC(C)=C[C@H]2O[C@H](/C=C(CCO[Si](C)(C)C(C)(C)C)/C(=C/C(=O)OCC)CCCOCc3ccc(OC)cc3)[C@H](C)[C@H]21. The zero-order valence-electron chi connectivity index (χ0n) is 30.2. The molecule has 1 fully saturated rings. The third kappa shape index (κ3) is 10.5. The van der Waals surface area contributed by atoms with E-state index >= 15 is 0 Å². The molecule has 0 bridgehead atoms. The van der Waals surface area contributed by atoms with Gasteiger partial charge < -0.3 is 23.4 Å². The van der Waals surface area contributed by atoms with Crippen molar-refractivity contribution in [2.75, 3.05) is 26.9 Å². The van der Waals surface area contributed by atoms with E-state index in [0.29, 0.717) is 57.0 Å². The van der Waals surface area contributed by atoms with Crippen LogP contribution in [0.4, 0.5) is 0 Å². The van der Waals surface area contributed by atoms with Crippen LogP contribution in [0.2, 0.25) is 18.1 Å². The normalized spacial score (nSPS) is 24.0. The molecule has 1 aromatic carbocycles. The Kier molecular flexibility index (Phi) is 14.1. The number of allylic oxidation sites excluding steroid dienone is 3. The van der Waals surface area contributed by atoms with Crippen LogP contribution in [-0.4, -0.2) is 53.4 Å². The zero-order chi connectivity index (χ0) is 34.1. The number of fused-ring (bicyclic) bond motifs is 1. The van der Waals surface area contributed by atoms with Crippen LogP contribution in [0, 0.1) is 17.8 Å². The van der Waals surface area contributed by atoms with E-state index in [-0.39, 0.29) is 23.2 Å². The lowest BCUT2D eigenvalue weighted by Crippen LogP contribution is -2.41. The van der Waals surface area contributed by atoms with Crippen LogP contribution in [0.1, 0.15) is 79.7 Å². The summed E-state index contributed by atoms with van der Waals surface area (Å²) in [4.78, 5) is 12.9. The molecular formula is C39H60O6Si. The first kappa shape index (κ1) is 38.0. The van der Waals surface area contributed by atoms with Crippen LogP contribution in [0.15, 0.2) is 71.4 Å². The van der Waals surface area contributed by atoms with E-state index in [2.05, 4.69) is 73.4 Å². The summed E-state index contributed by atoms with van der Waals surface area (Å²) >= 11 is 0. The van der Waals surface area contributed by atoms with Crippen LogP contribution < -0.4 is 4.74 Å². The molecule has 0 radical (unpaired) electrons. The van der Waals surface area contributed by atoms with Gasteiger partial charge in [-0.2, -0.15) is 0 Å². The Labute approximate surface area is 280 Å². The average Bonchev–Trinajstić information content (AvgIpc) is 3.29. The van der Waals surface area contributed by atoms with E-state index in [4.69, 9.17) is 23.4 Å². The molecule has 256 valence electrons. The maximum Gasteiger partial charge on any atom is 0.331 e. The fraction of sp³-hybridized carbons (Fsp3) is 0.615. The van der Waals surface area contributed by atoms with E-state index in [1.165, 1.54) is 11.1 Å². The standard InChI is InChI=1S/C39H60O6Si/c1-12-43-37(40)25-31(14-13-20-42-26-30-15-17-33(41-9)18-16-30)32(19-21-44-46(10,11)39(6,7)8)24-35-29(5)38-34(27(2)3)22-28(4)23-36(38)45-35/h15-18,23-25,29,34-36,38H,2,12-14,19-22,26H2,1,3-11H3/b31-25+,32-24+/t29-,34-,35+,36+,38-/m0/s1. The van der Waals surface area contributed by atoms with Gasteiger partial charge in [-0.1, -0.05) is 69.7 Å². The van der Waals surface area contributed by atoms with Crippen molar-refractivity contribution >= 4 is 14.3 Å². The molecule has 1 aliphatic heterocycles. The predicted molar refractivity (Wildman–Crippen MR) is 190 cm³/mol. The van der Waals surface area contributed by atoms with Gasteiger partial charge in [0.2, 0.25) is 0 Å². The van der Waals surface area contributed by atoms with E-state index in [1.54, 1.807) is 13.2 Å². The molecule has 0 unspecified atom stereocenters. The summed E-state index contributed by atoms with van der Waals surface area (Å²) in [7, 11) is -0.288. The summed E-state index contributed by atoms with van der Waals surface area (Å²) in [5.41, 5.74) is 5.76. The summed E-state index contributed by atoms with van der Waals surface area (Å²) in [6.07, 6.45) is 9.47. The van der Waals surface area contributed by atoms with Gasteiger partial charge in [-0.05, 0) is 105 Å². The zero-order valence-corrected chi connectivity index (χ0v) is 31.2. The van der Waals surface area contributed by atoms with Gasteiger partial charge in [0.25, 0.3) is 0 Å².